The Bertz CT molecular complexity index is 322. The molecule has 2 rings (SSSR count). The molecule has 1 aromatic rings. The zero-order chi connectivity index (χ0) is 9.42. The fourth-order valence-electron chi connectivity index (χ4n) is 1.47. The van der Waals surface area contributed by atoms with Crippen LogP contribution in [0.15, 0.2) is 6.33 Å². The van der Waals surface area contributed by atoms with Crippen LogP contribution in [-0.2, 0) is 0 Å². The Labute approximate surface area is 81.7 Å². The van der Waals surface area contributed by atoms with Crippen molar-refractivity contribution < 1.29 is 0 Å². The van der Waals surface area contributed by atoms with Crippen LogP contribution in [-0.4, -0.2) is 23.1 Å². The summed E-state index contributed by atoms with van der Waals surface area (Å²) in [5.74, 6) is 1.82. The summed E-state index contributed by atoms with van der Waals surface area (Å²) in [6.07, 6.45) is 1.44. The molecule has 0 unspecified atom stereocenters. The number of nitrogen functional groups attached to an aromatic ring is 1. The minimum absolute atomic E-state index is 0.353. The summed E-state index contributed by atoms with van der Waals surface area (Å²) in [6, 6.07) is 0. The molecule has 5 heteroatoms. The molecule has 0 aromatic carbocycles. The van der Waals surface area contributed by atoms with E-state index in [-0.39, 0.29) is 0 Å². The number of nitrogens with two attached hydrogens (primary N) is 1. The fraction of sp³-hybridized carbons (Fsp3) is 0.500. The van der Waals surface area contributed by atoms with Crippen molar-refractivity contribution >= 4 is 23.2 Å². The van der Waals surface area contributed by atoms with Crippen LogP contribution in [0.5, 0.6) is 0 Å². The van der Waals surface area contributed by atoms with Crippen molar-refractivity contribution in [2.75, 3.05) is 23.7 Å². The molecule has 0 radical (unpaired) electrons. The van der Waals surface area contributed by atoms with Gasteiger partial charge in [0.1, 0.15) is 17.2 Å². The summed E-state index contributed by atoms with van der Waals surface area (Å²) in [5, 5.41) is 0.467. The monoisotopic (exact) mass is 198 g/mol. The van der Waals surface area contributed by atoms with Gasteiger partial charge in [0.2, 0.25) is 0 Å². The van der Waals surface area contributed by atoms with E-state index in [1.165, 1.54) is 6.33 Å². The van der Waals surface area contributed by atoms with Crippen LogP contribution in [0.1, 0.15) is 6.92 Å². The molecule has 70 valence electrons. The van der Waals surface area contributed by atoms with Crippen molar-refractivity contribution in [3.8, 4) is 0 Å². The van der Waals surface area contributed by atoms with E-state index in [1.807, 2.05) is 0 Å². The predicted octanol–water partition coefficient (Wildman–Crippen LogP) is 1.17. The van der Waals surface area contributed by atoms with Gasteiger partial charge in [-0.25, -0.2) is 9.97 Å². The van der Waals surface area contributed by atoms with Gasteiger partial charge in [-0.3, -0.25) is 0 Å². The Morgan fingerprint density at radius 3 is 2.85 bits per heavy atom. The zero-order valence-electron chi connectivity index (χ0n) is 7.37. The molecule has 2 heterocycles. The van der Waals surface area contributed by atoms with Crippen LogP contribution < -0.4 is 10.6 Å². The quantitative estimate of drug-likeness (QED) is 0.736. The molecular formula is C8H11ClN4. The zero-order valence-corrected chi connectivity index (χ0v) is 8.12. The van der Waals surface area contributed by atoms with Gasteiger partial charge in [-0.1, -0.05) is 18.5 Å². The van der Waals surface area contributed by atoms with Crippen molar-refractivity contribution in [2.45, 2.75) is 6.92 Å². The maximum atomic E-state index is 5.96. The van der Waals surface area contributed by atoms with E-state index >= 15 is 0 Å². The van der Waals surface area contributed by atoms with Crippen LogP contribution in [0.3, 0.4) is 0 Å². The van der Waals surface area contributed by atoms with Crippen molar-refractivity contribution in [1.29, 1.82) is 0 Å². The van der Waals surface area contributed by atoms with Crippen molar-refractivity contribution in [3.63, 3.8) is 0 Å². The third-order valence-electron chi connectivity index (χ3n) is 2.16. The van der Waals surface area contributed by atoms with E-state index in [9.17, 15) is 0 Å². The molecule has 0 amide bonds. The number of anilines is 2. The fourth-order valence-corrected chi connectivity index (χ4v) is 1.68. The Kier molecular flexibility index (Phi) is 2.00. The number of hydrogen-bond donors (Lipinski definition) is 1. The SMILES string of the molecule is CC1CN(c2ncnc(N)c2Cl)C1. The minimum atomic E-state index is 0.353. The highest BCUT2D eigenvalue weighted by Gasteiger charge is 2.26. The number of aromatic nitrogens is 2. The molecule has 1 saturated heterocycles. The summed E-state index contributed by atoms with van der Waals surface area (Å²) in [7, 11) is 0. The summed E-state index contributed by atoms with van der Waals surface area (Å²) in [5.41, 5.74) is 5.56. The van der Waals surface area contributed by atoms with Crippen molar-refractivity contribution in [2.24, 2.45) is 5.92 Å². The van der Waals surface area contributed by atoms with Gasteiger partial charge in [0.15, 0.2) is 5.82 Å². The maximum Gasteiger partial charge on any atom is 0.153 e. The Morgan fingerprint density at radius 2 is 2.23 bits per heavy atom. The molecule has 1 aliphatic rings. The van der Waals surface area contributed by atoms with Gasteiger partial charge in [-0.15, -0.1) is 0 Å². The lowest BCUT2D eigenvalue weighted by molar-refractivity contribution is 0.443. The molecule has 13 heavy (non-hydrogen) atoms. The third kappa shape index (κ3) is 1.42. The van der Waals surface area contributed by atoms with E-state index in [0.717, 1.165) is 18.9 Å². The number of nitrogens with zero attached hydrogens (tertiary/aromatic N) is 3. The summed E-state index contributed by atoms with van der Waals surface area (Å²) in [6.45, 7) is 4.18. The highest BCUT2D eigenvalue weighted by molar-refractivity contribution is 6.35. The molecule has 0 atom stereocenters. The molecular weight excluding hydrogens is 188 g/mol. The Hall–Kier alpha value is -1.03. The Morgan fingerprint density at radius 1 is 1.54 bits per heavy atom. The molecule has 0 spiro atoms. The van der Waals surface area contributed by atoms with Gasteiger partial charge in [-0.05, 0) is 5.92 Å². The second-order valence-corrected chi connectivity index (χ2v) is 3.78. The smallest absolute Gasteiger partial charge is 0.153 e. The molecule has 1 aromatic heterocycles. The van der Waals surface area contributed by atoms with Crippen LogP contribution in [0, 0.1) is 5.92 Å². The van der Waals surface area contributed by atoms with E-state index in [0.29, 0.717) is 16.8 Å². The second kappa shape index (κ2) is 3.03. The minimum Gasteiger partial charge on any atom is -0.382 e. The molecule has 0 saturated carbocycles. The Balaban J connectivity index is 2.26. The molecule has 0 bridgehead atoms. The molecule has 2 N–H and O–H groups in total. The average Bonchev–Trinajstić information content (AvgIpc) is 2.05. The highest BCUT2D eigenvalue weighted by atomic mass is 35.5. The highest BCUT2D eigenvalue weighted by Crippen LogP contribution is 2.31. The van der Waals surface area contributed by atoms with E-state index < -0.39 is 0 Å². The topological polar surface area (TPSA) is 55.0 Å². The molecule has 1 fully saturated rings. The van der Waals surface area contributed by atoms with Crippen molar-refractivity contribution in [3.05, 3.63) is 11.3 Å². The number of rotatable bonds is 1. The van der Waals surface area contributed by atoms with E-state index in [4.69, 9.17) is 17.3 Å². The van der Waals surface area contributed by atoms with E-state index in [1.54, 1.807) is 0 Å². The molecule has 0 aliphatic carbocycles. The van der Waals surface area contributed by atoms with Crippen LogP contribution >= 0.6 is 11.6 Å². The van der Waals surface area contributed by atoms with Crippen LogP contribution in [0.25, 0.3) is 0 Å². The predicted molar refractivity (Wildman–Crippen MR) is 52.8 cm³/mol. The first-order valence-electron chi connectivity index (χ1n) is 4.19. The van der Waals surface area contributed by atoms with Crippen LogP contribution in [0.2, 0.25) is 5.02 Å². The van der Waals surface area contributed by atoms with Gasteiger partial charge in [0.05, 0.1) is 0 Å². The largest absolute Gasteiger partial charge is 0.382 e. The van der Waals surface area contributed by atoms with Crippen molar-refractivity contribution in [1.82, 2.24) is 9.97 Å². The number of halogens is 1. The summed E-state index contributed by atoms with van der Waals surface area (Å²) >= 11 is 5.96. The third-order valence-corrected chi connectivity index (χ3v) is 2.52. The summed E-state index contributed by atoms with van der Waals surface area (Å²) in [4.78, 5) is 10.0. The normalized spacial score (nSPS) is 17.2. The maximum absolute atomic E-state index is 5.96. The standard InChI is InChI=1S/C8H11ClN4/c1-5-2-13(3-5)8-6(9)7(10)11-4-12-8/h4-5H,2-3H2,1H3,(H2,10,11,12). The van der Waals surface area contributed by atoms with Gasteiger partial charge < -0.3 is 10.6 Å². The lowest BCUT2D eigenvalue weighted by Gasteiger charge is -2.38. The average molecular weight is 199 g/mol. The molecule has 1 aliphatic heterocycles. The van der Waals surface area contributed by atoms with Gasteiger partial charge >= 0.3 is 0 Å². The van der Waals surface area contributed by atoms with Gasteiger partial charge in [0, 0.05) is 13.1 Å². The second-order valence-electron chi connectivity index (χ2n) is 3.41. The van der Waals surface area contributed by atoms with Gasteiger partial charge in [0.25, 0.3) is 0 Å². The molecule has 4 nitrogen and oxygen atoms in total. The number of hydrogen-bond acceptors (Lipinski definition) is 4. The van der Waals surface area contributed by atoms with E-state index in [2.05, 4.69) is 21.8 Å². The summed E-state index contributed by atoms with van der Waals surface area (Å²) < 4.78 is 0. The lowest BCUT2D eigenvalue weighted by Crippen LogP contribution is -2.45. The first-order valence-corrected chi connectivity index (χ1v) is 4.57. The van der Waals surface area contributed by atoms with Gasteiger partial charge in [-0.2, -0.15) is 0 Å². The first-order chi connectivity index (χ1) is 6.18. The first kappa shape index (κ1) is 8.56. The van der Waals surface area contributed by atoms with Crippen LogP contribution in [0.4, 0.5) is 11.6 Å². The lowest BCUT2D eigenvalue weighted by atomic mass is 10.0.